The van der Waals surface area contributed by atoms with Crippen molar-refractivity contribution in [1.29, 1.82) is 0 Å². The van der Waals surface area contributed by atoms with E-state index >= 15 is 0 Å². The highest BCUT2D eigenvalue weighted by atomic mass is 16.1. The molecule has 0 aliphatic heterocycles. The standard InChI is InChI=1S/C15H28N2O/c1-11-9-15(2,3)10-13(11)16-8-4-5-14(18)17-12-6-7-12/h11-13,16H,4-10H2,1-3H3,(H,17,18). The lowest BCUT2D eigenvalue weighted by molar-refractivity contribution is -0.121. The second-order valence-electron chi connectivity index (χ2n) is 7.06. The van der Waals surface area contributed by atoms with Crippen LogP contribution in [0.15, 0.2) is 0 Å². The molecule has 0 radical (unpaired) electrons. The van der Waals surface area contributed by atoms with Gasteiger partial charge in [-0.2, -0.15) is 0 Å². The fraction of sp³-hybridized carbons (Fsp3) is 0.933. The molecule has 2 saturated carbocycles. The highest BCUT2D eigenvalue weighted by molar-refractivity contribution is 5.76. The lowest BCUT2D eigenvalue weighted by Crippen LogP contribution is -2.33. The van der Waals surface area contributed by atoms with Gasteiger partial charge < -0.3 is 10.6 Å². The van der Waals surface area contributed by atoms with Gasteiger partial charge in [0, 0.05) is 18.5 Å². The molecule has 2 unspecified atom stereocenters. The van der Waals surface area contributed by atoms with E-state index in [2.05, 4.69) is 31.4 Å². The smallest absolute Gasteiger partial charge is 0.220 e. The van der Waals surface area contributed by atoms with E-state index in [1.165, 1.54) is 25.7 Å². The van der Waals surface area contributed by atoms with E-state index in [1.807, 2.05) is 0 Å². The topological polar surface area (TPSA) is 41.1 Å². The minimum absolute atomic E-state index is 0.235. The largest absolute Gasteiger partial charge is 0.353 e. The second-order valence-corrected chi connectivity index (χ2v) is 7.06. The zero-order chi connectivity index (χ0) is 13.2. The fourth-order valence-corrected chi connectivity index (χ4v) is 3.23. The van der Waals surface area contributed by atoms with Crippen LogP contribution in [-0.2, 0) is 4.79 Å². The van der Waals surface area contributed by atoms with Crippen molar-refractivity contribution in [2.75, 3.05) is 6.54 Å². The molecule has 0 saturated heterocycles. The summed E-state index contributed by atoms with van der Waals surface area (Å²) in [5.74, 6) is 0.999. The SMILES string of the molecule is CC1CC(C)(C)CC1NCCCC(=O)NC1CC1. The molecular formula is C15H28N2O. The maximum absolute atomic E-state index is 11.5. The van der Waals surface area contributed by atoms with Crippen LogP contribution in [0.25, 0.3) is 0 Å². The summed E-state index contributed by atoms with van der Waals surface area (Å²) < 4.78 is 0. The Bertz CT molecular complexity index is 297. The normalized spacial score (nSPS) is 30.4. The quantitative estimate of drug-likeness (QED) is 0.713. The van der Waals surface area contributed by atoms with Crippen molar-refractivity contribution in [1.82, 2.24) is 10.6 Å². The van der Waals surface area contributed by atoms with Crippen LogP contribution in [0.5, 0.6) is 0 Å². The van der Waals surface area contributed by atoms with Crippen LogP contribution in [-0.4, -0.2) is 24.5 Å². The van der Waals surface area contributed by atoms with Gasteiger partial charge in [-0.15, -0.1) is 0 Å². The van der Waals surface area contributed by atoms with Gasteiger partial charge in [-0.1, -0.05) is 20.8 Å². The second kappa shape index (κ2) is 5.60. The van der Waals surface area contributed by atoms with Crippen molar-refractivity contribution >= 4 is 5.91 Å². The number of carbonyl (C=O) groups is 1. The Kier molecular flexibility index (Phi) is 4.31. The number of nitrogens with one attached hydrogen (secondary N) is 2. The van der Waals surface area contributed by atoms with E-state index < -0.39 is 0 Å². The van der Waals surface area contributed by atoms with E-state index in [9.17, 15) is 4.79 Å². The maximum Gasteiger partial charge on any atom is 0.220 e. The van der Waals surface area contributed by atoms with Gasteiger partial charge in [0.25, 0.3) is 0 Å². The lowest BCUT2D eigenvalue weighted by atomic mass is 9.91. The van der Waals surface area contributed by atoms with Crippen molar-refractivity contribution in [3.05, 3.63) is 0 Å². The minimum atomic E-state index is 0.235. The van der Waals surface area contributed by atoms with Crippen molar-refractivity contribution < 1.29 is 4.79 Å². The molecule has 2 aliphatic rings. The molecule has 2 atom stereocenters. The number of hydrogen-bond donors (Lipinski definition) is 2. The molecule has 2 aliphatic carbocycles. The van der Waals surface area contributed by atoms with Gasteiger partial charge >= 0.3 is 0 Å². The van der Waals surface area contributed by atoms with E-state index in [-0.39, 0.29) is 5.91 Å². The number of amides is 1. The molecule has 0 aromatic rings. The van der Waals surface area contributed by atoms with Crippen LogP contribution < -0.4 is 10.6 Å². The highest BCUT2D eigenvalue weighted by Crippen LogP contribution is 2.40. The third-order valence-corrected chi connectivity index (χ3v) is 4.26. The van der Waals surface area contributed by atoms with Crippen molar-refractivity contribution in [2.45, 2.75) is 71.4 Å². The van der Waals surface area contributed by atoms with Crippen LogP contribution >= 0.6 is 0 Å². The van der Waals surface area contributed by atoms with Crippen LogP contribution in [0.1, 0.15) is 59.3 Å². The van der Waals surface area contributed by atoms with Crippen LogP contribution in [0.4, 0.5) is 0 Å². The van der Waals surface area contributed by atoms with E-state index in [1.54, 1.807) is 0 Å². The molecule has 104 valence electrons. The van der Waals surface area contributed by atoms with Crippen molar-refractivity contribution in [3.8, 4) is 0 Å². The van der Waals surface area contributed by atoms with E-state index in [0.717, 1.165) is 18.9 Å². The van der Waals surface area contributed by atoms with Gasteiger partial charge in [-0.3, -0.25) is 4.79 Å². The first kappa shape index (κ1) is 13.9. The molecule has 0 aromatic heterocycles. The van der Waals surface area contributed by atoms with Crippen LogP contribution in [0.3, 0.4) is 0 Å². The summed E-state index contributed by atoms with van der Waals surface area (Å²) in [5, 5.41) is 6.67. The monoisotopic (exact) mass is 252 g/mol. The molecule has 0 heterocycles. The first-order valence-corrected chi connectivity index (χ1v) is 7.49. The molecule has 0 bridgehead atoms. The average molecular weight is 252 g/mol. The average Bonchev–Trinajstić information content (AvgIpc) is 3.00. The van der Waals surface area contributed by atoms with Crippen molar-refractivity contribution in [3.63, 3.8) is 0 Å². The minimum Gasteiger partial charge on any atom is -0.353 e. The summed E-state index contributed by atoms with van der Waals surface area (Å²) in [6, 6.07) is 1.15. The van der Waals surface area contributed by atoms with Gasteiger partial charge in [0.1, 0.15) is 0 Å². The molecule has 18 heavy (non-hydrogen) atoms. The number of hydrogen-bond acceptors (Lipinski definition) is 2. The Labute approximate surface area is 111 Å². The van der Waals surface area contributed by atoms with Gasteiger partial charge in [0.2, 0.25) is 5.91 Å². The molecular weight excluding hydrogens is 224 g/mol. The van der Waals surface area contributed by atoms with E-state index in [0.29, 0.717) is 23.9 Å². The molecule has 3 nitrogen and oxygen atoms in total. The summed E-state index contributed by atoms with van der Waals surface area (Å²) in [4.78, 5) is 11.5. The summed E-state index contributed by atoms with van der Waals surface area (Å²) in [7, 11) is 0. The third-order valence-electron chi connectivity index (χ3n) is 4.26. The predicted molar refractivity (Wildman–Crippen MR) is 74.4 cm³/mol. The number of rotatable bonds is 6. The fourth-order valence-electron chi connectivity index (χ4n) is 3.23. The lowest BCUT2D eigenvalue weighted by Gasteiger charge is -2.18. The third kappa shape index (κ3) is 4.27. The van der Waals surface area contributed by atoms with Crippen molar-refractivity contribution in [2.24, 2.45) is 11.3 Å². The molecule has 0 spiro atoms. The van der Waals surface area contributed by atoms with Crippen LogP contribution in [0, 0.1) is 11.3 Å². The highest BCUT2D eigenvalue weighted by Gasteiger charge is 2.36. The Hall–Kier alpha value is -0.570. The summed E-state index contributed by atoms with van der Waals surface area (Å²) in [6.45, 7) is 8.03. The molecule has 2 fully saturated rings. The molecule has 3 heteroatoms. The molecule has 2 rings (SSSR count). The zero-order valence-electron chi connectivity index (χ0n) is 12.1. The Balaban J connectivity index is 1.56. The molecule has 0 aromatic carbocycles. The van der Waals surface area contributed by atoms with E-state index in [4.69, 9.17) is 0 Å². The van der Waals surface area contributed by atoms with Gasteiger partial charge in [-0.25, -0.2) is 0 Å². The van der Waals surface area contributed by atoms with Gasteiger partial charge in [0.05, 0.1) is 0 Å². The predicted octanol–water partition coefficient (Wildman–Crippen LogP) is 2.46. The molecule has 2 N–H and O–H groups in total. The first-order chi connectivity index (χ1) is 8.46. The zero-order valence-corrected chi connectivity index (χ0v) is 12.1. The molecule has 1 amide bonds. The Morgan fingerprint density at radius 1 is 1.28 bits per heavy atom. The summed E-state index contributed by atoms with van der Waals surface area (Å²) in [6.07, 6.45) is 6.57. The Morgan fingerprint density at radius 3 is 2.56 bits per heavy atom. The first-order valence-electron chi connectivity index (χ1n) is 7.49. The number of carbonyl (C=O) groups excluding carboxylic acids is 1. The van der Waals surface area contributed by atoms with Crippen LogP contribution in [0.2, 0.25) is 0 Å². The summed E-state index contributed by atoms with van der Waals surface area (Å²) >= 11 is 0. The van der Waals surface area contributed by atoms with Gasteiger partial charge in [0.15, 0.2) is 0 Å². The maximum atomic E-state index is 11.5. The van der Waals surface area contributed by atoms with Gasteiger partial charge in [-0.05, 0) is 50.0 Å². The Morgan fingerprint density at radius 2 is 2.00 bits per heavy atom. The summed E-state index contributed by atoms with van der Waals surface area (Å²) in [5.41, 5.74) is 0.487.